The van der Waals surface area contributed by atoms with Gasteiger partial charge in [0, 0.05) is 30.2 Å². The summed E-state index contributed by atoms with van der Waals surface area (Å²) >= 11 is 1.85. The van der Waals surface area contributed by atoms with Crippen molar-refractivity contribution in [3.05, 3.63) is 11.1 Å². The third-order valence-corrected chi connectivity index (χ3v) is 5.15. The van der Waals surface area contributed by atoms with Crippen molar-refractivity contribution in [2.45, 2.75) is 53.1 Å². The molecule has 1 aromatic heterocycles. The van der Waals surface area contributed by atoms with Crippen molar-refractivity contribution in [2.75, 3.05) is 18.0 Å². The highest BCUT2D eigenvalue weighted by atomic mass is 32.1. The van der Waals surface area contributed by atoms with E-state index in [4.69, 9.17) is 0 Å². The number of anilines is 1. The first kappa shape index (κ1) is 14.8. The van der Waals surface area contributed by atoms with Crippen LogP contribution in [0.3, 0.4) is 0 Å². The normalized spacial score (nSPS) is 27.8. The highest BCUT2D eigenvalue weighted by molar-refractivity contribution is 7.15. The second-order valence-electron chi connectivity index (χ2n) is 6.00. The van der Waals surface area contributed by atoms with Crippen molar-refractivity contribution in [3.8, 4) is 0 Å². The van der Waals surface area contributed by atoms with Crippen molar-refractivity contribution >= 4 is 16.5 Å². The van der Waals surface area contributed by atoms with Gasteiger partial charge in [-0.1, -0.05) is 20.8 Å². The van der Waals surface area contributed by atoms with E-state index in [1.54, 1.807) is 0 Å². The lowest BCUT2D eigenvalue weighted by Crippen LogP contribution is -2.45. The minimum atomic E-state index is 0.610. The van der Waals surface area contributed by atoms with Gasteiger partial charge in [-0.25, -0.2) is 4.98 Å². The fourth-order valence-corrected chi connectivity index (χ4v) is 3.85. The van der Waals surface area contributed by atoms with E-state index in [2.05, 4.69) is 42.9 Å². The number of nitrogens with one attached hydrogen (secondary N) is 1. The Kier molecular flexibility index (Phi) is 5.22. The van der Waals surface area contributed by atoms with Crippen LogP contribution in [0.2, 0.25) is 0 Å². The van der Waals surface area contributed by atoms with E-state index in [1.807, 2.05) is 17.5 Å². The Morgan fingerprint density at radius 3 is 2.95 bits per heavy atom. The lowest BCUT2D eigenvalue weighted by Gasteiger charge is -2.41. The van der Waals surface area contributed by atoms with Crippen molar-refractivity contribution in [1.29, 1.82) is 0 Å². The Hall–Kier alpha value is -0.610. The Morgan fingerprint density at radius 1 is 1.42 bits per heavy atom. The fraction of sp³-hybridized carbons (Fsp3) is 0.800. The van der Waals surface area contributed by atoms with Gasteiger partial charge >= 0.3 is 0 Å². The summed E-state index contributed by atoms with van der Waals surface area (Å²) in [4.78, 5) is 8.50. The van der Waals surface area contributed by atoms with Gasteiger partial charge in [-0.15, -0.1) is 11.3 Å². The van der Waals surface area contributed by atoms with Crippen molar-refractivity contribution in [2.24, 2.45) is 11.8 Å². The van der Waals surface area contributed by atoms with Crippen LogP contribution in [0.15, 0.2) is 6.20 Å². The summed E-state index contributed by atoms with van der Waals surface area (Å²) in [7, 11) is 0. The maximum atomic E-state index is 4.64. The molecule has 2 heterocycles. The maximum Gasteiger partial charge on any atom is 0.185 e. The molecule has 1 aromatic rings. The maximum absolute atomic E-state index is 4.64. The van der Waals surface area contributed by atoms with E-state index in [0.717, 1.165) is 31.5 Å². The SMILES string of the molecule is CCCNCc1cnc(N2CC(C)CC(C)C2C)s1. The van der Waals surface area contributed by atoms with E-state index in [1.165, 1.54) is 22.9 Å². The van der Waals surface area contributed by atoms with Crippen LogP contribution >= 0.6 is 11.3 Å². The molecule has 0 amide bonds. The van der Waals surface area contributed by atoms with E-state index >= 15 is 0 Å². The predicted octanol–water partition coefficient (Wildman–Crippen LogP) is 3.51. The number of hydrogen-bond donors (Lipinski definition) is 1. The fourth-order valence-electron chi connectivity index (χ4n) is 2.87. The number of nitrogens with zero attached hydrogens (tertiary/aromatic N) is 2. The van der Waals surface area contributed by atoms with Gasteiger partial charge in [0.2, 0.25) is 0 Å². The first-order valence-corrected chi connectivity index (χ1v) is 8.35. The van der Waals surface area contributed by atoms with E-state index < -0.39 is 0 Å². The molecule has 3 unspecified atom stereocenters. The lowest BCUT2D eigenvalue weighted by molar-refractivity contribution is 0.297. The van der Waals surface area contributed by atoms with Gasteiger partial charge in [0.05, 0.1) is 0 Å². The zero-order valence-corrected chi connectivity index (χ0v) is 13.5. The molecule has 1 saturated heterocycles. The van der Waals surface area contributed by atoms with Crippen LogP contribution in [0.5, 0.6) is 0 Å². The Bertz CT molecular complexity index is 390. The second-order valence-corrected chi connectivity index (χ2v) is 7.09. The molecule has 0 saturated carbocycles. The van der Waals surface area contributed by atoms with Crippen LogP contribution in [-0.4, -0.2) is 24.1 Å². The van der Waals surface area contributed by atoms with Crippen molar-refractivity contribution in [1.82, 2.24) is 10.3 Å². The van der Waals surface area contributed by atoms with Crippen LogP contribution in [0.4, 0.5) is 5.13 Å². The molecule has 1 aliphatic heterocycles. The zero-order chi connectivity index (χ0) is 13.8. The molecule has 4 heteroatoms. The standard InChI is InChI=1S/C15H27N3S/c1-5-6-16-8-14-9-17-15(19-14)18-10-11(2)7-12(3)13(18)4/h9,11-13,16H,5-8,10H2,1-4H3. The van der Waals surface area contributed by atoms with Gasteiger partial charge in [-0.3, -0.25) is 0 Å². The molecule has 1 fully saturated rings. The molecular formula is C15H27N3S. The zero-order valence-electron chi connectivity index (χ0n) is 12.6. The Balaban J connectivity index is 2.00. The molecule has 2 rings (SSSR count). The molecule has 19 heavy (non-hydrogen) atoms. The lowest BCUT2D eigenvalue weighted by atomic mass is 9.86. The quantitative estimate of drug-likeness (QED) is 0.837. The Labute approximate surface area is 121 Å². The molecular weight excluding hydrogens is 254 g/mol. The molecule has 3 nitrogen and oxygen atoms in total. The summed E-state index contributed by atoms with van der Waals surface area (Å²) in [5, 5.41) is 4.66. The topological polar surface area (TPSA) is 28.2 Å². The highest BCUT2D eigenvalue weighted by Gasteiger charge is 2.30. The molecule has 108 valence electrons. The van der Waals surface area contributed by atoms with Gasteiger partial charge in [-0.05, 0) is 38.1 Å². The van der Waals surface area contributed by atoms with Gasteiger partial charge in [0.25, 0.3) is 0 Å². The van der Waals surface area contributed by atoms with Crippen molar-refractivity contribution < 1.29 is 0 Å². The first-order chi connectivity index (χ1) is 9.11. The van der Waals surface area contributed by atoms with Gasteiger partial charge in [0.1, 0.15) is 0 Å². The molecule has 1 N–H and O–H groups in total. The number of aromatic nitrogens is 1. The molecule has 0 spiro atoms. The first-order valence-electron chi connectivity index (χ1n) is 7.53. The summed E-state index contributed by atoms with van der Waals surface area (Å²) in [6.45, 7) is 12.5. The molecule has 0 aromatic carbocycles. The van der Waals surface area contributed by atoms with Crippen LogP contribution in [0, 0.1) is 11.8 Å². The molecule has 0 radical (unpaired) electrons. The van der Waals surface area contributed by atoms with Gasteiger partial charge in [0.15, 0.2) is 5.13 Å². The molecule has 0 bridgehead atoms. The number of hydrogen-bond acceptors (Lipinski definition) is 4. The van der Waals surface area contributed by atoms with Crippen LogP contribution in [0.1, 0.15) is 45.4 Å². The summed E-state index contributed by atoms with van der Waals surface area (Å²) in [6.07, 6.45) is 4.57. The van der Waals surface area contributed by atoms with Crippen molar-refractivity contribution in [3.63, 3.8) is 0 Å². The smallest absolute Gasteiger partial charge is 0.185 e. The summed E-state index contributed by atoms with van der Waals surface area (Å²) in [5.74, 6) is 1.53. The van der Waals surface area contributed by atoms with Crippen LogP contribution in [-0.2, 0) is 6.54 Å². The Morgan fingerprint density at radius 2 is 2.21 bits per heavy atom. The van der Waals surface area contributed by atoms with E-state index in [0.29, 0.717) is 6.04 Å². The molecule has 1 aliphatic rings. The minimum absolute atomic E-state index is 0.610. The van der Waals surface area contributed by atoms with E-state index in [-0.39, 0.29) is 0 Å². The van der Waals surface area contributed by atoms with Crippen LogP contribution in [0.25, 0.3) is 0 Å². The average Bonchev–Trinajstić information content (AvgIpc) is 2.83. The highest BCUT2D eigenvalue weighted by Crippen LogP contribution is 2.33. The van der Waals surface area contributed by atoms with Gasteiger partial charge < -0.3 is 10.2 Å². The third-order valence-electron chi connectivity index (χ3n) is 4.11. The molecule has 3 atom stereocenters. The summed E-state index contributed by atoms with van der Waals surface area (Å²) in [5.41, 5.74) is 0. The summed E-state index contributed by atoms with van der Waals surface area (Å²) in [6, 6.07) is 0.610. The summed E-state index contributed by atoms with van der Waals surface area (Å²) < 4.78 is 0. The largest absolute Gasteiger partial charge is 0.345 e. The van der Waals surface area contributed by atoms with Gasteiger partial charge in [-0.2, -0.15) is 0 Å². The monoisotopic (exact) mass is 281 g/mol. The number of thiazole rings is 1. The van der Waals surface area contributed by atoms with E-state index in [9.17, 15) is 0 Å². The number of piperidine rings is 1. The predicted molar refractivity (Wildman–Crippen MR) is 83.9 cm³/mol. The molecule has 0 aliphatic carbocycles. The number of rotatable bonds is 5. The minimum Gasteiger partial charge on any atom is -0.345 e. The second kappa shape index (κ2) is 6.71. The van der Waals surface area contributed by atoms with Crippen LogP contribution < -0.4 is 10.2 Å². The third kappa shape index (κ3) is 3.69. The average molecular weight is 281 g/mol.